The minimum atomic E-state index is -1.24. The molecule has 0 aromatic heterocycles. The van der Waals surface area contributed by atoms with Crippen LogP contribution in [0.15, 0.2) is 73.8 Å². The van der Waals surface area contributed by atoms with Crippen LogP contribution in [0.5, 0.6) is 0 Å². The number of amides is 3. The highest BCUT2D eigenvalue weighted by Gasteiger charge is 2.80. The van der Waals surface area contributed by atoms with Gasteiger partial charge in [-0.15, -0.1) is 13.2 Å². The van der Waals surface area contributed by atoms with Crippen molar-refractivity contribution in [1.82, 2.24) is 9.80 Å². The molecule has 47 heavy (non-hydrogen) atoms. The van der Waals surface area contributed by atoms with E-state index in [1.807, 2.05) is 83.1 Å². The number of aliphatic hydroxyl groups excluding tert-OH is 1. The average molecular weight is 642 g/mol. The third-order valence-electron chi connectivity index (χ3n) is 11.2. The Bertz CT molecular complexity index is 1530. The molecule has 3 unspecified atom stereocenters. The van der Waals surface area contributed by atoms with Gasteiger partial charge in [-0.2, -0.15) is 0 Å². The summed E-state index contributed by atoms with van der Waals surface area (Å²) in [7, 11) is 0. The molecule has 1 spiro atoms. The van der Waals surface area contributed by atoms with E-state index in [4.69, 9.17) is 4.74 Å². The molecule has 252 valence electrons. The lowest BCUT2D eigenvalue weighted by Crippen LogP contribution is -2.60. The van der Waals surface area contributed by atoms with Gasteiger partial charge in [0.25, 0.3) is 5.91 Å². The summed E-state index contributed by atoms with van der Waals surface area (Å²) in [6.45, 7) is 20.4. The number of carbonyl (C=O) groups excluding carboxylic acids is 3. The molecule has 2 bridgehead atoms. The van der Waals surface area contributed by atoms with Crippen molar-refractivity contribution in [2.75, 3.05) is 24.6 Å². The molecule has 8 heteroatoms. The van der Waals surface area contributed by atoms with E-state index in [9.17, 15) is 9.90 Å². The average Bonchev–Trinajstić information content (AvgIpc) is 3.57. The van der Waals surface area contributed by atoms with Gasteiger partial charge >= 0.3 is 0 Å². The maximum absolute atomic E-state index is 15.2. The zero-order valence-corrected chi connectivity index (χ0v) is 28.8. The number of carbonyl (C=O) groups is 3. The van der Waals surface area contributed by atoms with Crippen LogP contribution in [0.3, 0.4) is 0 Å². The number of anilines is 1. The maximum Gasteiger partial charge on any atom is 0.253 e. The van der Waals surface area contributed by atoms with Gasteiger partial charge in [-0.3, -0.25) is 14.4 Å². The van der Waals surface area contributed by atoms with E-state index in [1.54, 1.807) is 26.9 Å². The van der Waals surface area contributed by atoms with E-state index in [-0.39, 0.29) is 42.7 Å². The van der Waals surface area contributed by atoms with E-state index in [1.165, 1.54) is 0 Å². The molecule has 3 aliphatic rings. The minimum absolute atomic E-state index is 0.0993. The Hall–Kier alpha value is -3.75. The second-order valence-corrected chi connectivity index (χ2v) is 14.1. The van der Waals surface area contributed by atoms with Crippen LogP contribution < -0.4 is 4.90 Å². The van der Waals surface area contributed by atoms with Gasteiger partial charge in [-0.05, 0) is 61.8 Å². The van der Waals surface area contributed by atoms with Crippen LogP contribution >= 0.6 is 0 Å². The maximum atomic E-state index is 15.2. The highest BCUT2D eigenvalue weighted by atomic mass is 16.5. The molecule has 2 aromatic rings. The molecule has 5 rings (SSSR count). The van der Waals surface area contributed by atoms with Crippen LogP contribution in [0.2, 0.25) is 0 Å². The molecular formula is C39H51N3O5. The topological polar surface area (TPSA) is 90.4 Å². The first kappa shape index (κ1) is 34.6. The first-order valence-corrected chi connectivity index (χ1v) is 17.0. The fourth-order valence-electron chi connectivity index (χ4n) is 8.49. The van der Waals surface area contributed by atoms with Crippen LogP contribution in [-0.2, 0) is 25.7 Å². The Balaban J connectivity index is 1.66. The van der Waals surface area contributed by atoms with Gasteiger partial charge in [0.15, 0.2) is 0 Å². The summed E-state index contributed by atoms with van der Waals surface area (Å²) in [4.78, 5) is 50.0. The van der Waals surface area contributed by atoms with Crippen LogP contribution in [0.4, 0.5) is 5.69 Å². The number of aryl methyl sites for hydroxylation is 2. The van der Waals surface area contributed by atoms with Gasteiger partial charge in [0.1, 0.15) is 11.6 Å². The van der Waals surface area contributed by atoms with Crippen molar-refractivity contribution in [2.24, 2.45) is 23.7 Å². The number of hydrogen-bond acceptors (Lipinski definition) is 5. The molecule has 3 aliphatic heterocycles. The summed E-state index contributed by atoms with van der Waals surface area (Å²) >= 11 is 0. The standard InChI is InChI=1S/C39H51N3O5/c1-9-19-40(23-29-15-13-12-14-16-29)35(44)32-33-36(45)42(31(24-43)26(5)11-3)34(39(33)22-28(7)38(32,8)47-39)37(46)41(20-10-2)30-21-25(4)17-18-27(30)6/h9-10,12-18,21,26,28,31-34,43H,1-2,11,19-20,22-24H2,3-8H3/t26-,28?,31-,32-,33-,34?,38+,39?/m0/s1. The molecule has 0 saturated carbocycles. The summed E-state index contributed by atoms with van der Waals surface area (Å²) in [6.07, 6.45) is 4.54. The van der Waals surface area contributed by atoms with Gasteiger partial charge in [0.05, 0.1) is 30.1 Å². The Morgan fingerprint density at radius 1 is 1.11 bits per heavy atom. The summed E-state index contributed by atoms with van der Waals surface area (Å²) in [6, 6.07) is 14.1. The van der Waals surface area contributed by atoms with Crippen molar-refractivity contribution in [1.29, 1.82) is 0 Å². The van der Waals surface area contributed by atoms with Crippen molar-refractivity contribution in [3.05, 3.63) is 90.5 Å². The molecular weight excluding hydrogens is 590 g/mol. The van der Waals surface area contributed by atoms with Crippen LogP contribution in [0.25, 0.3) is 0 Å². The molecule has 3 heterocycles. The number of ether oxygens (including phenoxy) is 1. The van der Waals surface area contributed by atoms with Gasteiger partial charge in [0.2, 0.25) is 11.8 Å². The quantitative estimate of drug-likeness (QED) is 0.294. The SMILES string of the molecule is C=CCN(Cc1ccccc1)C(=O)[C@@H]1[C@H]2C(=O)N([C@@H](CO)[C@@H](C)CC)C(C(=O)N(CC=C)c3cc(C)ccc3C)C23CC(C)[C@@]1(C)O3. The molecule has 3 saturated heterocycles. The molecule has 8 atom stereocenters. The lowest BCUT2D eigenvalue weighted by molar-refractivity contribution is -0.155. The normalized spacial score (nSPS) is 28.9. The second kappa shape index (κ2) is 13.4. The third kappa shape index (κ3) is 5.63. The second-order valence-electron chi connectivity index (χ2n) is 14.1. The molecule has 1 N–H and O–H groups in total. The molecule has 2 aromatic carbocycles. The lowest BCUT2D eigenvalue weighted by atomic mass is 9.62. The first-order chi connectivity index (χ1) is 22.4. The number of nitrogens with zero attached hydrogens (tertiary/aromatic N) is 3. The monoisotopic (exact) mass is 641 g/mol. The number of likely N-dealkylation sites (tertiary alicyclic amines) is 1. The summed E-state index contributed by atoms with van der Waals surface area (Å²) in [5.74, 6) is -2.66. The number of hydrogen-bond donors (Lipinski definition) is 1. The predicted molar refractivity (Wildman–Crippen MR) is 184 cm³/mol. The summed E-state index contributed by atoms with van der Waals surface area (Å²) in [5.41, 5.74) is 1.42. The molecule has 0 aliphatic carbocycles. The van der Waals surface area contributed by atoms with Gasteiger partial charge < -0.3 is 24.5 Å². The van der Waals surface area contributed by atoms with E-state index in [2.05, 4.69) is 20.1 Å². The number of fused-ring (bicyclic) bond motifs is 1. The van der Waals surface area contributed by atoms with E-state index in [0.29, 0.717) is 25.9 Å². The molecule has 8 nitrogen and oxygen atoms in total. The smallest absolute Gasteiger partial charge is 0.253 e. The van der Waals surface area contributed by atoms with Gasteiger partial charge in [0, 0.05) is 25.3 Å². The van der Waals surface area contributed by atoms with E-state index in [0.717, 1.165) is 22.4 Å². The molecule has 0 radical (unpaired) electrons. The van der Waals surface area contributed by atoms with Crippen molar-refractivity contribution in [2.45, 2.75) is 84.2 Å². The van der Waals surface area contributed by atoms with Crippen molar-refractivity contribution < 1.29 is 24.2 Å². The van der Waals surface area contributed by atoms with Crippen molar-refractivity contribution in [3.8, 4) is 0 Å². The van der Waals surface area contributed by atoms with Gasteiger partial charge in [-0.1, -0.05) is 81.8 Å². The lowest BCUT2D eigenvalue weighted by Gasteiger charge is -2.41. The van der Waals surface area contributed by atoms with E-state index >= 15 is 9.59 Å². The largest absolute Gasteiger partial charge is 0.394 e. The van der Waals surface area contributed by atoms with Crippen LogP contribution in [0, 0.1) is 37.5 Å². The van der Waals surface area contributed by atoms with Crippen LogP contribution in [0.1, 0.15) is 57.2 Å². The third-order valence-corrected chi connectivity index (χ3v) is 11.2. The molecule has 3 amide bonds. The predicted octanol–water partition coefficient (Wildman–Crippen LogP) is 5.45. The Morgan fingerprint density at radius 2 is 1.79 bits per heavy atom. The fourth-order valence-corrected chi connectivity index (χ4v) is 8.49. The van der Waals surface area contributed by atoms with E-state index < -0.39 is 35.1 Å². The zero-order valence-electron chi connectivity index (χ0n) is 28.8. The highest BCUT2D eigenvalue weighted by molar-refractivity contribution is 6.05. The highest BCUT2D eigenvalue weighted by Crippen LogP contribution is 2.66. The van der Waals surface area contributed by atoms with Crippen molar-refractivity contribution >= 4 is 23.4 Å². The van der Waals surface area contributed by atoms with Crippen LogP contribution in [-0.4, -0.2) is 75.6 Å². The number of rotatable bonds is 13. The van der Waals surface area contributed by atoms with Crippen molar-refractivity contribution in [3.63, 3.8) is 0 Å². The Labute approximate surface area is 280 Å². The fraction of sp³-hybridized carbons (Fsp3) is 0.513. The Morgan fingerprint density at radius 3 is 2.40 bits per heavy atom. The minimum Gasteiger partial charge on any atom is -0.394 e. The Kier molecular flexibility index (Phi) is 9.86. The summed E-state index contributed by atoms with van der Waals surface area (Å²) in [5, 5.41) is 10.8. The summed E-state index contributed by atoms with van der Waals surface area (Å²) < 4.78 is 7.07. The van der Waals surface area contributed by atoms with Gasteiger partial charge in [-0.25, -0.2) is 0 Å². The zero-order chi connectivity index (χ0) is 34.3. The number of benzene rings is 2. The first-order valence-electron chi connectivity index (χ1n) is 17.0. The number of aliphatic hydroxyl groups is 1. The molecule has 3 fully saturated rings.